The molecule has 0 aliphatic heterocycles. The molecule has 4 rings (SSSR count). The lowest BCUT2D eigenvalue weighted by Crippen LogP contribution is -2.39. The smallest absolute Gasteiger partial charge is 0.154 e. The summed E-state index contributed by atoms with van der Waals surface area (Å²) < 4.78 is 5.45. The summed E-state index contributed by atoms with van der Waals surface area (Å²) in [5.41, 5.74) is 8.06. The molecule has 0 bridgehead atoms. The van der Waals surface area contributed by atoms with Crippen molar-refractivity contribution in [1.82, 2.24) is 9.97 Å². The third-order valence-electron chi connectivity index (χ3n) is 5.82. The van der Waals surface area contributed by atoms with Crippen LogP contribution in [0.3, 0.4) is 0 Å². The van der Waals surface area contributed by atoms with Gasteiger partial charge < -0.3 is 15.4 Å². The number of halogens is 1. The predicted octanol–water partition coefficient (Wildman–Crippen LogP) is 5.17. The lowest BCUT2D eigenvalue weighted by Gasteiger charge is -2.34. The van der Waals surface area contributed by atoms with Gasteiger partial charge in [-0.15, -0.1) is 0 Å². The van der Waals surface area contributed by atoms with E-state index in [2.05, 4.69) is 11.9 Å². The third kappa shape index (κ3) is 4.58. The minimum atomic E-state index is 0.315. The molecule has 5 nitrogen and oxygen atoms in total. The van der Waals surface area contributed by atoms with Crippen LogP contribution in [0.1, 0.15) is 37.1 Å². The first-order valence-corrected chi connectivity index (χ1v) is 10.7. The molecule has 1 fully saturated rings. The quantitative estimate of drug-likeness (QED) is 0.614. The highest BCUT2D eigenvalue weighted by Crippen LogP contribution is 2.32. The molecule has 2 N–H and O–H groups in total. The van der Waals surface area contributed by atoms with E-state index in [0.717, 1.165) is 58.7 Å². The van der Waals surface area contributed by atoms with Crippen molar-refractivity contribution in [1.29, 1.82) is 0 Å². The maximum Gasteiger partial charge on any atom is 0.154 e. The van der Waals surface area contributed by atoms with E-state index in [1.165, 1.54) is 0 Å². The Kier molecular flexibility index (Phi) is 6.21. The van der Waals surface area contributed by atoms with Crippen LogP contribution in [0.2, 0.25) is 5.02 Å². The molecule has 156 valence electrons. The van der Waals surface area contributed by atoms with Crippen molar-refractivity contribution in [3.8, 4) is 5.75 Å². The van der Waals surface area contributed by atoms with Crippen LogP contribution in [0.15, 0.2) is 42.5 Å². The number of fused-ring (bicyclic) bond motifs is 1. The number of benzene rings is 2. The highest BCUT2D eigenvalue weighted by Gasteiger charge is 2.24. The van der Waals surface area contributed by atoms with Gasteiger partial charge >= 0.3 is 0 Å². The zero-order chi connectivity index (χ0) is 21.1. The SMILES string of the molecule is COc1ccc2nc(/C=C/c3ccc(Cl)cc3)nc(N(C)C3CCC(N)CC3)c2c1. The fourth-order valence-corrected chi connectivity index (χ4v) is 4.11. The van der Waals surface area contributed by atoms with Crippen LogP contribution < -0.4 is 15.4 Å². The molecule has 0 spiro atoms. The molecule has 1 aliphatic carbocycles. The Morgan fingerprint density at radius 3 is 2.47 bits per heavy atom. The van der Waals surface area contributed by atoms with Crippen molar-refractivity contribution < 1.29 is 4.74 Å². The zero-order valence-electron chi connectivity index (χ0n) is 17.4. The maximum absolute atomic E-state index is 6.11. The summed E-state index contributed by atoms with van der Waals surface area (Å²) in [6.07, 6.45) is 8.19. The van der Waals surface area contributed by atoms with Crippen LogP contribution in [0, 0.1) is 0 Å². The Labute approximate surface area is 182 Å². The summed E-state index contributed by atoms with van der Waals surface area (Å²) in [6, 6.07) is 14.4. The number of aromatic nitrogens is 2. The number of hydrogen-bond acceptors (Lipinski definition) is 5. The summed E-state index contributed by atoms with van der Waals surface area (Å²) in [7, 11) is 3.80. The van der Waals surface area contributed by atoms with Gasteiger partial charge in [0.1, 0.15) is 11.6 Å². The third-order valence-corrected chi connectivity index (χ3v) is 6.07. The number of nitrogens with zero attached hydrogens (tertiary/aromatic N) is 3. The van der Waals surface area contributed by atoms with Crippen LogP contribution in [0.4, 0.5) is 5.82 Å². The second-order valence-corrected chi connectivity index (χ2v) is 8.29. The second kappa shape index (κ2) is 9.02. The van der Waals surface area contributed by atoms with Gasteiger partial charge in [0.25, 0.3) is 0 Å². The first-order chi connectivity index (χ1) is 14.5. The number of hydrogen-bond donors (Lipinski definition) is 1. The number of methoxy groups -OCH3 is 1. The van der Waals surface area contributed by atoms with Crippen LogP contribution >= 0.6 is 11.6 Å². The molecule has 0 unspecified atom stereocenters. The van der Waals surface area contributed by atoms with Crippen LogP contribution in [0.5, 0.6) is 5.75 Å². The Morgan fingerprint density at radius 1 is 1.03 bits per heavy atom. The molecule has 1 aromatic heterocycles. The van der Waals surface area contributed by atoms with Crippen molar-refractivity contribution in [3.63, 3.8) is 0 Å². The van der Waals surface area contributed by atoms with Crippen molar-refractivity contribution >= 4 is 40.5 Å². The molecule has 0 saturated heterocycles. The fraction of sp³-hybridized carbons (Fsp3) is 0.333. The number of rotatable bonds is 5. The average Bonchev–Trinajstić information content (AvgIpc) is 2.78. The Morgan fingerprint density at radius 2 is 1.77 bits per heavy atom. The van der Waals surface area contributed by atoms with Crippen molar-refractivity contribution in [2.24, 2.45) is 5.73 Å². The van der Waals surface area contributed by atoms with E-state index in [9.17, 15) is 0 Å². The highest BCUT2D eigenvalue weighted by atomic mass is 35.5. The van der Waals surface area contributed by atoms with Gasteiger partial charge in [0, 0.05) is 29.5 Å². The molecule has 30 heavy (non-hydrogen) atoms. The Bertz CT molecular complexity index is 1040. The number of anilines is 1. The van der Waals surface area contributed by atoms with Gasteiger partial charge in [-0.1, -0.05) is 29.8 Å². The molecule has 1 saturated carbocycles. The lowest BCUT2D eigenvalue weighted by atomic mass is 9.91. The molecule has 0 amide bonds. The molecule has 1 aliphatic rings. The summed E-state index contributed by atoms with van der Waals surface area (Å²) in [4.78, 5) is 12.0. The number of ether oxygens (including phenoxy) is 1. The second-order valence-electron chi connectivity index (χ2n) is 7.85. The standard InChI is InChI=1S/C24H27ClN4O/c1-29(19-10-8-18(26)9-11-19)24-21-15-20(30-2)12-13-22(21)27-23(28-24)14-5-16-3-6-17(25)7-4-16/h3-7,12-15,18-19H,8-11,26H2,1-2H3/b14-5+. The van der Waals surface area contributed by atoms with E-state index in [0.29, 0.717) is 17.9 Å². The van der Waals surface area contributed by atoms with Crippen LogP contribution in [0.25, 0.3) is 23.1 Å². The van der Waals surface area contributed by atoms with E-state index >= 15 is 0 Å². The summed E-state index contributed by atoms with van der Waals surface area (Å²) >= 11 is 5.98. The normalized spacial score (nSPS) is 19.3. The van der Waals surface area contributed by atoms with E-state index in [-0.39, 0.29) is 0 Å². The monoisotopic (exact) mass is 422 g/mol. The van der Waals surface area contributed by atoms with E-state index < -0.39 is 0 Å². The molecule has 1 heterocycles. The Hall–Kier alpha value is -2.63. The number of nitrogens with two attached hydrogens (primary N) is 1. The van der Waals surface area contributed by atoms with Gasteiger partial charge in [-0.05, 0) is 67.7 Å². The van der Waals surface area contributed by atoms with Gasteiger partial charge in [-0.25, -0.2) is 9.97 Å². The molecular formula is C24H27ClN4O. The fourth-order valence-electron chi connectivity index (χ4n) is 3.99. The highest BCUT2D eigenvalue weighted by molar-refractivity contribution is 6.30. The molecule has 6 heteroatoms. The van der Waals surface area contributed by atoms with Crippen molar-refractivity contribution in [2.75, 3.05) is 19.1 Å². The van der Waals surface area contributed by atoms with E-state index in [1.807, 2.05) is 54.6 Å². The van der Waals surface area contributed by atoms with Gasteiger partial charge in [0.2, 0.25) is 0 Å². The average molecular weight is 423 g/mol. The van der Waals surface area contributed by atoms with Gasteiger partial charge in [-0.2, -0.15) is 0 Å². The zero-order valence-corrected chi connectivity index (χ0v) is 18.1. The minimum absolute atomic E-state index is 0.315. The molecule has 0 atom stereocenters. The molecule has 0 radical (unpaired) electrons. The maximum atomic E-state index is 6.11. The van der Waals surface area contributed by atoms with Crippen LogP contribution in [-0.4, -0.2) is 36.2 Å². The molecule has 3 aromatic rings. The van der Waals surface area contributed by atoms with Crippen LogP contribution in [-0.2, 0) is 0 Å². The predicted molar refractivity (Wildman–Crippen MR) is 125 cm³/mol. The summed E-state index contributed by atoms with van der Waals surface area (Å²) in [6.45, 7) is 0. The van der Waals surface area contributed by atoms with E-state index in [1.54, 1.807) is 7.11 Å². The minimum Gasteiger partial charge on any atom is -0.497 e. The molecular weight excluding hydrogens is 396 g/mol. The van der Waals surface area contributed by atoms with Crippen molar-refractivity contribution in [2.45, 2.75) is 37.8 Å². The van der Waals surface area contributed by atoms with Gasteiger partial charge in [-0.3, -0.25) is 0 Å². The van der Waals surface area contributed by atoms with Gasteiger partial charge in [0.05, 0.1) is 12.6 Å². The Balaban J connectivity index is 1.72. The van der Waals surface area contributed by atoms with E-state index in [4.69, 9.17) is 32.0 Å². The lowest BCUT2D eigenvalue weighted by molar-refractivity contribution is 0.384. The first kappa shape index (κ1) is 20.6. The topological polar surface area (TPSA) is 64.3 Å². The van der Waals surface area contributed by atoms with Crippen molar-refractivity contribution in [3.05, 3.63) is 58.9 Å². The summed E-state index contributed by atoms with van der Waals surface area (Å²) in [5, 5.41) is 1.72. The largest absolute Gasteiger partial charge is 0.497 e. The first-order valence-electron chi connectivity index (χ1n) is 10.3. The van der Waals surface area contributed by atoms with Gasteiger partial charge in [0.15, 0.2) is 5.82 Å². The summed E-state index contributed by atoms with van der Waals surface area (Å²) in [5.74, 6) is 2.41. The molecule has 2 aromatic carbocycles.